The van der Waals surface area contributed by atoms with Crippen molar-refractivity contribution in [2.45, 2.75) is 26.2 Å². The SMILES string of the molecule is COc1ccc(N(CC(=O)Nc2ccc(N3CCCCC3)cc2)C(C)=O)cc1. The van der Waals surface area contributed by atoms with E-state index in [0.717, 1.165) is 18.8 Å². The number of ether oxygens (including phenoxy) is 1. The van der Waals surface area contributed by atoms with Crippen molar-refractivity contribution < 1.29 is 14.3 Å². The molecule has 0 atom stereocenters. The number of piperidine rings is 1. The van der Waals surface area contributed by atoms with Crippen molar-refractivity contribution in [3.8, 4) is 5.75 Å². The fourth-order valence-corrected chi connectivity index (χ4v) is 3.40. The molecule has 3 rings (SSSR count). The highest BCUT2D eigenvalue weighted by molar-refractivity contribution is 6.01. The van der Waals surface area contributed by atoms with Crippen LogP contribution in [0.5, 0.6) is 5.75 Å². The molecule has 1 saturated heterocycles. The molecule has 0 unspecified atom stereocenters. The topological polar surface area (TPSA) is 61.9 Å². The molecule has 6 heteroatoms. The van der Waals surface area contributed by atoms with E-state index in [0.29, 0.717) is 11.4 Å². The largest absolute Gasteiger partial charge is 0.497 e. The monoisotopic (exact) mass is 381 g/mol. The molecule has 2 aromatic rings. The molecule has 0 aliphatic carbocycles. The van der Waals surface area contributed by atoms with Gasteiger partial charge < -0.3 is 19.9 Å². The van der Waals surface area contributed by atoms with Gasteiger partial charge in [0, 0.05) is 37.1 Å². The molecule has 0 bridgehead atoms. The predicted molar refractivity (Wildman–Crippen MR) is 112 cm³/mol. The van der Waals surface area contributed by atoms with E-state index in [1.165, 1.54) is 36.8 Å². The van der Waals surface area contributed by atoms with Crippen LogP contribution in [0.2, 0.25) is 0 Å². The number of methoxy groups -OCH3 is 1. The number of hydrogen-bond donors (Lipinski definition) is 1. The zero-order valence-electron chi connectivity index (χ0n) is 16.5. The van der Waals surface area contributed by atoms with Gasteiger partial charge in [0.1, 0.15) is 12.3 Å². The molecular weight excluding hydrogens is 354 g/mol. The molecule has 1 fully saturated rings. The molecular formula is C22H27N3O3. The third-order valence-corrected chi connectivity index (χ3v) is 4.94. The standard InChI is InChI=1S/C22H27N3O3/c1-17(26)25(20-10-12-21(28-2)13-11-20)16-22(27)23-18-6-8-19(9-7-18)24-14-4-3-5-15-24/h6-13H,3-5,14-16H2,1-2H3,(H,23,27). The summed E-state index contributed by atoms with van der Waals surface area (Å²) in [4.78, 5) is 28.3. The second-order valence-electron chi connectivity index (χ2n) is 6.95. The first kappa shape index (κ1) is 19.7. The fraction of sp³-hybridized carbons (Fsp3) is 0.364. The summed E-state index contributed by atoms with van der Waals surface area (Å²) in [5.41, 5.74) is 2.56. The van der Waals surface area contributed by atoms with Crippen molar-refractivity contribution in [1.29, 1.82) is 0 Å². The third-order valence-electron chi connectivity index (χ3n) is 4.94. The summed E-state index contributed by atoms with van der Waals surface area (Å²) in [7, 11) is 1.59. The van der Waals surface area contributed by atoms with E-state index in [4.69, 9.17) is 4.74 Å². The summed E-state index contributed by atoms with van der Waals surface area (Å²) in [6.07, 6.45) is 3.75. The first-order valence-electron chi connectivity index (χ1n) is 9.64. The number of amides is 2. The van der Waals surface area contributed by atoms with Crippen LogP contribution in [0.4, 0.5) is 17.1 Å². The number of nitrogens with one attached hydrogen (secondary N) is 1. The van der Waals surface area contributed by atoms with E-state index < -0.39 is 0 Å². The quantitative estimate of drug-likeness (QED) is 0.829. The van der Waals surface area contributed by atoms with Crippen LogP contribution in [0.25, 0.3) is 0 Å². The van der Waals surface area contributed by atoms with E-state index in [1.54, 1.807) is 31.4 Å². The number of nitrogens with zero attached hydrogens (tertiary/aromatic N) is 2. The van der Waals surface area contributed by atoms with E-state index >= 15 is 0 Å². The maximum Gasteiger partial charge on any atom is 0.244 e. The lowest BCUT2D eigenvalue weighted by Gasteiger charge is -2.28. The molecule has 0 radical (unpaired) electrons. The van der Waals surface area contributed by atoms with Crippen molar-refractivity contribution in [2.24, 2.45) is 0 Å². The lowest BCUT2D eigenvalue weighted by molar-refractivity contribution is -0.120. The maximum absolute atomic E-state index is 12.5. The van der Waals surface area contributed by atoms with Crippen LogP contribution in [0.3, 0.4) is 0 Å². The Morgan fingerprint density at radius 3 is 2.21 bits per heavy atom. The molecule has 0 spiro atoms. The Kier molecular flexibility index (Phi) is 6.53. The Morgan fingerprint density at radius 2 is 1.64 bits per heavy atom. The van der Waals surface area contributed by atoms with E-state index in [9.17, 15) is 9.59 Å². The number of rotatable bonds is 6. The van der Waals surface area contributed by atoms with Crippen LogP contribution in [0, 0.1) is 0 Å². The molecule has 1 heterocycles. The van der Waals surface area contributed by atoms with Crippen molar-refractivity contribution >= 4 is 28.9 Å². The number of carbonyl (C=O) groups is 2. The van der Waals surface area contributed by atoms with Gasteiger partial charge in [-0.3, -0.25) is 9.59 Å². The average molecular weight is 381 g/mol. The smallest absolute Gasteiger partial charge is 0.244 e. The Morgan fingerprint density at radius 1 is 1.00 bits per heavy atom. The Hall–Kier alpha value is -3.02. The molecule has 0 saturated carbocycles. The number of carbonyl (C=O) groups excluding carboxylic acids is 2. The maximum atomic E-state index is 12.5. The van der Waals surface area contributed by atoms with Gasteiger partial charge in [0.15, 0.2) is 0 Å². The van der Waals surface area contributed by atoms with Gasteiger partial charge in [0.2, 0.25) is 11.8 Å². The van der Waals surface area contributed by atoms with Gasteiger partial charge in [-0.05, 0) is 67.8 Å². The molecule has 2 aromatic carbocycles. The minimum Gasteiger partial charge on any atom is -0.497 e. The highest BCUT2D eigenvalue weighted by atomic mass is 16.5. The van der Waals surface area contributed by atoms with E-state index in [1.807, 2.05) is 24.3 Å². The normalized spacial score (nSPS) is 13.7. The third kappa shape index (κ3) is 5.03. The van der Waals surface area contributed by atoms with Gasteiger partial charge in [0.25, 0.3) is 0 Å². The van der Waals surface area contributed by atoms with Gasteiger partial charge in [-0.2, -0.15) is 0 Å². The number of benzene rings is 2. The predicted octanol–water partition coefficient (Wildman–Crippen LogP) is 3.68. The van der Waals surface area contributed by atoms with Crippen LogP contribution in [0.15, 0.2) is 48.5 Å². The highest BCUT2D eigenvalue weighted by Gasteiger charge is 2.16. The zero-order chi connectivity index (χ0) is 19.9. The fourth-order valence-electron chi connectivity index (χ4n) is 3.40. The highest BCUT2D eigenvalue weighted by Crippen LogP contribution is 2.22. The molecule has 1 N–H and O–H groups in total. The van der Waals surface area contributed by atoms with Gasteiger partial charge in [-0.15, -0.1) is 0 Å². The minimum atomic E-state index is -0.239. The van der Waals surface area contributed by atoms with Gasteiger partial charge in [0.05, 0.1) is 7.11 Å². The first-order valence-corrected chi connectivity index (χ1v) is 9.64. The molecule has 148 valence electrons. The van der Waals surface area contributed by atoms with E-state index in [-0.39, 0.29) is 18.4 Å². The van der Waals surface area contributed by atoms with Crippen LogP contribution < -0.4 is 19.9 Å². The minimum absolute atomic E-state index is 0.0461. The summed E-state index contributed by atoms with van der Waals surface area (Å²) in [6, 6.07) is 15.0. The molecule has 28 heavy (non-hydrogen) atoms. The average Bonchev–Trinajstić information content (AvgIpc) is 2.73. The molecule has 1 aliphatic heterocycles. The Labute approximate surface area is 166 Å². The number of anilines is 3. The summed E-state index contributed by atoms with van der Waals surface area (Å²) in [5, 5.41) is 2.87. The lowest BCUT2D eigenvalue weighted by atomic mass is 10.1. The van der Waals surface area contributed by atoms with Crippen molar-refractivity contribution in [3.05, 3.63) is 48.5 Å². The Bertz CT molecular complexity index is 797. The molecule has 2 amide bonds. The Balaban J connectivity index is 1.61. The van der Waals surface area contributed by atoms with Crippen LogP contribution >= 0.6 is 0 Å². The second kappa shape index (κ2) is 9.26. The van der Waals surface area contributed by atoms with Crippen molar-refractivity contribution in [2.75, 3.05) is 41.9 Å². The second-order valence-corrected chi connectivity index (χ2v) is 6.95. The summed E-state index contributed by atoms with van der Waals surface area (Å²) in [6.45, 7) is 3.57. The summed E-state index contributed by atoms with van der Waals surface area (Å²) >= 11 is 0. The number of hydrogen-bond acceptors (Lipinski definition) is 4. The van der Waals surface area contributed by atoms with Crippen molar-refractivity contribution in [1.82, 2.24) is 0 Å². The van der Waals surface area contributed by atoms with Gasteiger partial charge in [-0.1, -0.05) is 0 Å². The van der Waals surface area contributed by atoms with E-state index in [2.05, 4.69) is 10.2 Å². The van der Waals surface area contributed by atoms with Crippen molar-refractivity contribution in [3.63, 3.8) is 0 Å². The van der Waals surface area contributed by atoms with Crippen LogP contribution in [-0.4, -0.2) is 38.6 Å². The summed E-state index contributed by atoms with van der Waals surface area (Å²) in [5.74, 6) is 0.267. The molecule has 1 aliphatic rings. The van der Waals surface area contributed by atoms with Crippen LogP contribution in [-0.2, 0) is 9.59 Å². The first-order chi connectivity index (χ1) is 13.6. The summed E-state index contributed by atoms with van der Waals surface area (Å²) < 4.78 is 5.14. The molecule has 0 aromatic heterocycles. The lowest BCUT2D eigenvalue weighted by Crippen LogP contribution is -2.36. The van der Waals surface area contributed by atoms with Gasteiger partial charge in [-0.25, -0.2) is 0 Å². The van der Waals surface area contributed by atoms with Crippen LogP contribution in [0.1, 0.15) is 26.2 Å². The van der Waals surface area contributed by atoms with Gasteiger partial charge >= 0.3 is 0 Å². The zero-order valence-corrected chi connectivity index (χ0v) is 16.5. The molecule has 6 nitrogen and oxygen atoms in total.